The van der Waals surface area contributed by atoms with E-state index < -0.39 is 23.8 Å². The van der Waals surface area contributed by atoms with Gasteiger partial charge in [-0.3, -0.25) is 14.8 Å². The van der Waals surface area contributed by atoms with Crippen molar-refractivity contribution in [1.29, 1.82) is 0 Å². The van der Waals surface area contributed by atoms with E-state index in [0.717, 1.165) is 5.56 Å². The summed E-state index contributed by atoms with van der Waals surface area (Å²) in [5, 5.41) is 0. The molecule has 1 aromatic rings. The van der Waals surface area contributed by atoms with Gasteiger partial charge in [-0.05, 0) is 31.5 Å². The minimum absolute atomic E-state index is 0.370. The molecule has 1 aromatic heterocycles. The van der Waals surface area contributed by atoms with E-state index in [-0.39, 0.29) is 0 Å². The predicted molar refractivity (Wildman–Crippen MR) is 80.3 cm³/mol. The fourth-order valence-electron chi connectivity index (χ4n) is 2.78. The van der Waals surface area contributed by atoms with Crippen molar-refractivity contribution in [2.45, 2.75) is 19.8 Å². The summed E-state index contributed by atoms with van der Waals surface area (Å²) in [7, 11) is 2.63. The number of carbonyl (C=O) groups is 2. The number of rotatable bonds is 3. The van der Waals surface area contributed by atoms with Gasteiger partial charge in [0.25, 0.3) is 0 Å². The normalized spacial score (nSPS) is 21.2. The van der Waals surface area contributed by atoms with E-state index in [1.54, 1.807) is 38.4 Å². The van der Waals surface area contributed by atoms with Gasteiger partial charge in [-0.25, -0.2) is 4.79 Å². The third-order valence-electron chi connectivity index (χ3n) is 3.75. The summed E-state index contributed by atoms with van der Waals surface area (Å²) in [4.78, 5) is 32.8. The summed E-state index contributed by atoms with van der Waals surface area (Å²) < 4.78 is 9.77. The van der Waals surface area contributed by atoms with Crippen LogP contribution in [0.2, 0.25) is 0 Å². The molecule has 2 rings (SSSR count). The number of ether oxygens (including phenoxy) is 2. The van der Waals surface area contributed by atoms with Crippen LogP contribution >= 0.6 is 0 Å². The molecule has 0 N–H and O–H groups in total. The summed E-state index contributed by atoms with van der Waals surface area (Å²) in [5.74, 6) is -2.09. The molecular weight excluding hydrogens is 284 g/mol. The van der Waals surface area contributed by atoms with E-state index in [0.29, 0.717) is 17.0 Å². The van der Waals surface area contributed by atoms with Gasteiger partial charge in [-0.15, -0.1) is 0 Å². The van der Waals surface area contributed by atoms with Crippen molar-refractivity contribution in [3.05, 3.63) is 41.4 Å². The molecule has 0 saturated heterocycles. The lowest BCUT2D eigenvalue weighted by molar-refractivity contribution is -0.143. The largest absolute Gasteiger partial charge is 0.468 e. The van der Waals surface area contributed by atoms with Crippen molar-refractivity contribution in [3.8, 4) is 0 Å². The van der Waals surface area contributed by atoms with Gasteiger partial charge in [0, 0.05) is 29.7 Å². The molecule has 0 aliphatic carbocycles. The van der Waals surface area contributed by atoms with Gasteiger partial charge in [0.15, 0.2) is 0 Å². The van der Waals surface area contributed by atoms with Crippen molar-refractivity contribution in [1.82, 2.24) is 4.98 Å². The first-order chi connectivity index (χ1) is 10.5. The van der Waals surface area contributed by atoms with Crippen molar-refractivity contribution in [2.24, 2.45) is 10.9 Å². The molecule has 0 saturated carbocycles. The molecule has 116 valence electrons. The Kier molecular flexibility index (Phi) is 4.70. The molecule has 1 aliphatic heterocycles. The minimum Gasteiger partial charge on any atom is -0.468 e. The first-order valence-corrected chi connectivity index (χ1v) is 6.83. The maximum absolute atomic E-state index is 12.2. The Morgan fingerprint density at radius 3 is 2.27 bits per heavy atom. The van der Waals surface area contributed by atoms with Crippen LogP contribution in [0.1, 0.15) is 25.3 Å². The Bertz CT molecular complexity index is 649. The van der Waals surface area contributed by atoms with Crippen molar-refractivity contribution < 1.29 is 19.1 Å². The Labute approximate surface area is 128 Å². The van der Waals surface area contributed by atoms with Crippen molar-refractivity contribution in [2.75, 3.05) is 14.2 Å². The summed E-state index contributed by atoms with van der Waals surface area (Å²) in [6.45, 7) is 3.49. The molecule has 0 bridgehead atoms. The zero-order chi connectivity index (χ0) is 16.3. The highest BCUT2D eigenvalue weighted by Crippen LogP contribution is 2.39. The predicted octanol–water partition coefficient (Wildman–Crippen LogP) is 1.88. The standard InChI is InChI=1S/C16H18N2O4/c1-9-12(15(19)21-3)14(11-5-7-17-8-6-11)13(10(2)18-9)16(20)22-4/h5-8,12,14H,1-4H3. The summed E-state index contributed by atoms with van der Waals surface area (Å²) in [5.41, 5.74) is 2.32. The molecule has 6 heteroatoms. The zero-order valence-corrected chi connectivity index (χ0v) is 13.0. The van der Waals surface area contributed by atoms with E-state index in [2.05, 4.69) is 9.98 Å². The molecule has 0 fully saturated rings. The minimum atomic E-state index is -0.662. The fourth-order valence-corrected chi connectivity index (χ4v) is 2.78. The number of nitrogens with zero attached hydrogens (tertiary/aromatic N) is 2. The molecule has 0 amide bonds. The molecule has 2 unspecified atom stereocenters. The number of hydrogen-bond donors (Lipinski definition) is 0. The number of allylic oxidation sites excluding steroid dienone is 1. The first-order valence-electron chi connectivity index (χ1n) is 6.83. The molecule has 0 spiro atoms. The van der Waals surface area contributed by atoms with Gasteiger partial charge in [-0.2, -0.15) is 0 Å². The molecule has 0 aromatic carbocycles. The lowest BCUT2D eigenvalue weighted by Gasteiger charge is -2.30. The zero-order valence-electron chi connectivity index (χ0n) is 13.0. The Morgan fingerprint density at radius 1 is 1.09 bits per heavy atom. The monoisotopic (exact) mass is 302 g/mol. The molecule has 22 heavy (non-hydrogen) atoms. The van der Waals surface area contributed by atoms with E-state index in [1.807, 2.05) is 0 Å². The molecule has 0 radical (unpaired) electrons. The maximum Gasteiger partial charge on any atom is 0.336 e. The van der Waals surface area contributed by atoms with E-state index >= 15 is 0 Å². The van der Waals surface area contributed by atoms with Gasteiger partial charge >= 0.3 is 11.9 Å². The molecular formula is C16H18N2O4. The van der Waals surface area contributed by atoms with Crippen molar-refractivity contribution >= 4 is 17.7 Å². The van der Waals surface area contributed by atoms with Gasteiger partial charge in [0.05, 0.1) is 19.8 Å². The molecule has 2 heterocycles. The second-order valence-electron chi connectivity index (χ2n) is 5.00. The lowest BCUT2D eigenvalue weighted by Crippen LogP contribution is -2.36. The first kappa shape index (κ1) is 15.9. The fraction of sp³-hybridized carbons (Fsp3) is 0.375. The Morgan fingerprint density at radius 2 is 1.73 bits per heavy atom. The Hall–Kier alpha value is -2.50. The van der Waals surface area contributed by atoms with E-state index in [1.165, 1.54) is 14.2 Å². The van der Waals surface area contributed by atoms with Gasteiger partial charge in [-0.1, -0.05) is 0 Å². The number of aromatic nitrogens is 1. The number of methoxy groups -OCH3 is 2. The number of hydrogen-bond acceptors (Lipinski definition) is 6. The van der Waals surface area contributed by atoms with Crippen LogP contribution in [0, 0.1) is 5.92 Å². The second kappa shape index (κ2) is 6.51. The summed E-state index contributed by atoms with van der Waals surface area (Å²) >= 11 is 0. The topological polar surface area (TPSA) is 77.8 Å². The average molecular weight is 302 g/mol. The van der Waals surface area contributed by atoms with Crippen LogP contribution in [-0.4, -0.2) is 36.9 Å². The van der Waals surface area contributed by atoms with Crippen LogP contribution in [0.5, 0.6) is 0 Å². The van der Waals surface area contributed by atoms with Gasteiger partial charge < -0.3 is 9.47 Å². The SMILES string of the molecule is COC(=O)C1=C(C)N=C(C)C(C(=O)OC)C1c1ccncc1. The lowest BCUT2D eigenvalue weighted by atomic mass is 9.76. The van der Waals surface area contributed by atoms with Crippen LogP contribution in [0.15, 0.2) is 40.8 Å². The maximum atomic E-state index is 12.2. The number of esters is 2. The number of aliphatic imine (C=N–C) groups is 1. The van der Waals surface area contributed by atoms with Crippen molar-refractivity contribution in [3.63, 3.8) is 0 Å². The summed E-state index contributed by atoms with van der Waals surface area (Å²) in [6, 6.07) is 3.55. The van der Waals surface area contributed by atoms with Crippen LogP contribution in [-0.2, 0) is 19.1 Å². The quantitative estimate of drug-likeness (QED) is 0.797. The highest BCUT2D eigenvalue weighted by atomic mass is 16.5. The van der Waals surface area contributed by atoms with Crippen LogP contribution in [0.3, 0.4) is 0 Å². The summed E-state index contributed by atoms with van der Waals surface area (Å²) in [6.07, 6.45) is 3.24. The van der Waals surface area contributed by atoms with E-state index in [4.69, 9.17) is 9.47 Å². The van der Waals surface area contributed by atoms with Crippen LogP contribution < -0.4 is 0 Å². The third-order valence-corrected chi connectivity index (χ3v) is 3.75. The average Bonchev–Trinajstić information content (AvgIpc) is 2.53. The van der Waals surface area contributed by atoms with Crippen LogP contribution in [0.25, 0.3) is 0 Å². The third kappa shape index (κ3) is 2.77. The molecule has 2 atom stereocenters. The highest BCUT2D eigenvalue weighted by molar-refractivity contribution is 6.06. The van der Waals surface area contributed by atoms with Crippen LogP contribution in [0.4, 0.5) is 0 Å². The van der Waals surface area contributed by atoms with Gasteiger partial charge in [0.2, 0.25) is 0 Å². The second-order valence-corrected chi connectivity index (χ2v) is 5.00. The van der Waals surface area contributed by atoms with Gasteiger partial charge in [0.1, 0.15) is 5.92 Å². The smallest absolute Gasteiger partial charge is 0.336 e. The number of carbonyl (C=O) groups excluding carboxylic acids is 2. The molecule has 1 aliphatic rings. The Balaban J connectivity index is 2.64. The van der Waals surface area contributed by atoms with E-state index in [9.17, 15) is 9.59 Å². The number of pyridine rings is 1. The highest BCUT2D eigenvalue weighted by Gasteiger charge is 2.41. The molecule has 6 nitrogen and oxygen atoms in total.